The SMILES string of the molecule is NC(=O)CN(Cc1ccc(Br)cc1)C(=O)c1cccc(OCc2cccs2)c1. The Hall–Kier alpha value is -2.64. The van der Waals surface area contributed by atoms with E-state index in [0.29, 0.717) is 17.9 Å². The molecule has 0 saturated carbocycles. The molecule has 0 aliphatic carbocycles. The maximum atomic E-state index is 13.0. The predicted octanol–water partition coefficient (Wildman–Crippen LogP) is 4.22. The van der Waals surface area contributed by atoms with Crippen LogP contribution in [0, 0.1) is 0 Å². The zero-order chi connectivity index (χ0) is 19.9. The molecule has 2 amide bonds. The fraction of sp³-hybridized carbons (Fsp3) is 0.143. The third kappa shape index (κ3) is 5.68. The van der Waals surface area contributed by atoms with Crippen molar-refractivity contribution in [3.63, 3.8) is 0 Å². The molecule has 5 nitrogen and oxygen atoms in total. The van der Waals surface area contributed by atoms with Crippen LogP contribution in [0.5, 0.6) is 5.75 Å². The molecule has 2 N–H and O–H groups in total. The quantitative estimate of drug-likeness (QED) is 0.549. The molecule has 1 aromatic heterocycles. The molecule has 28 heavy (non-hydrogen) atoms. The van der Waals surface area contributed by atoms with Crippen LogP contribution in [0.2, 0.25) is 0 Å². The second-order valence-corrected chi connectivity index (χ2v) is 8.10. The number of nitrogens with two attached hydrogens (primary N) is 1. The van der Waals surface area contributed by atoms with Gasteiger partial charge in [-0.25, -0.2) is 0 Å². The maximum absolute atomic E-state index is 13.0. The van der Waals surface area contributed by atoms with Crippen molar-refractivity contribution in [1.29, 1.82) is 0 Å². The summed E-state index contributed by atoms with van der Waals surface area (Å²) in [6, 6.07) is 18.5. The number of amides is 2. The monoisotopic (exact) mass is 458 g/mol. The Morgan fingerprint density at radius 3 is 2.54 bits per heavy atom. The number of rotatable bonds is 8. The van der Waals surface area contributed by atoms with Crippen molar-refractivity contribution in [1.82, 2.24) is 4.90 Å². The summed E-state index contributed by atoms with van der Waals surface area (Å²) in [6.45, 7) is 0.573. The highest BCUT2D eigenvalue weighted by Crippen LogP contribution is 2.19. The number of hydrogen-bond donors (Lipinski definition) is 1. The molecule has 0 fully saturated rings. The van der Waals surface area contributed by atoms with Crippen LogP contribution in [0.15, 0.2) is 70.5 Å². The molecule has 0 bridgehead atoms. The molecule has 0 radical (unpaired) electrons. The molecule has 3 aromatic rings. The highest BCUT2D eigenvalue weighted by Gasteiger charge is 2.19. The Bertz CT molecular complexity index is 943. The number of benzene rings is 2. The molecule has 0 spiro atoms. The van der Waals surface area contributed by atoms with Crippen molar-refractivity contribution in [2.24, 2.45) is 5.73 Å². The highest BCUT2D eigenvalue weighted by molar-refractivity contribution is 9.10. The average Bonchev–Trinajstić information content (AvgIpc) is 3.20. The van der Waals surface area contributed by atoms with Crippen LogP contribution in [-0.2, 0) is 17.9 Å². The van der Waals surface area contributed by atoms with E-state index < -0.39 is 5.91 Å². The maximum Gasteiger partial charge on any atom is 0.254 e. The third-order valence-electron chi connectivity index (χ3n) is 3.96. The summed E-state index contributed by atoms with van der Waals surface area (Å²) >= 11 is 5.00. The minimum atomic E-state index is -0.560. The van der Waals surface area contributed by atoms with Crippen molar-refractivity contribution in [3.05, 3.63) is 86.5 Å². The van der Waals surface area contributed by atoms with E-state index in [-0.39, 0.29) is 19.0 Å². The van der Waals surface area contributed by atoms with Crippen LogP contribution >= 0.6 is 27.3 Å². The molecule has 1 heterocycles. The summed E-state index contributed by atoms with van der Waals surface area (Å²) in [7, 11) is 0. The van der Waals surface area contributed by atoms with E-state index in [1.165, 1.54) is 4.90 Å². The lowest BCUT2D eigenvalue weighted by atomic mass is 10.1. The topological polar surface area (TPSA) is 72.6 Å². The first-order chi connectivity index (χ1) is 13.5. The van der Waals surface area contributed by atoms with Gasteiger partial charge < -0.3 is 15.4 Å². The zero-order valence-corrected chi connectivity index (χ0v) is 17.4. The Kier molecular flexibility index (Phi) is 6.84. The van der Waals surface area contributed by atoms with Gasteiger partial charge >= 0.3 is 0 Å². The Morgan fingerprint density at radius 2 is 1.86 bits per heavy atom. The van der Waals surface area contributed by atoms with Crippen molar-refractivity contribution in [2.75, 3.05) is 6.54 Å². The first kappa shape index (κ1) is 20.1. The first-order valence-electron chi connectivity index (χ1n) is 8.58. The summed E-state index contributed by atoms with van der Waals surface area (Å²) in [4.78, 5) is 27.0. The van der Waals surface area contributed by atoms with Gasteiger partial charge in [-0.2, -0.15) is 0 Å². The molecule has 7 heteroatoms. The zero-order valence-electron chi connectivity index (χ0n) is 15.0. The average molecular weight is 459 g/mol. The predicted molar refractivity (Wildman–Crippen MR) is 113 cm³/mol. The van der Waals surface area contributed by atoms with E-state index in [1.54, 1.807) is 35.6 Å². The number of ether oxygens (including phenoxy) is 1. The normalized spacial score (nSPS) is 10.5. The van der Waals surface area contributed by atoms with Crippen LogP contribution < -0.4 is 10.5 Å². The second kappa shape index (κ2) is 9.52. The number of halogens is 1. The number of thiophene rings is 1. The number of nitrogens with zero attached hydrogens (tertiary/aromatic N) is 1. The van der Waals surface area contributed by atoms with Gasteiger partial charge in [-0.1, -0.05) is 40.2 Å². The van der Waals surface area contributed by atoms with E-state index in [1.807, 2.05) is 41.8 Å². The van der Waals surface area contributed by atoms with Gasteiger partial charge in [-0.05, 0) is 47.3 Å². The minimum Gasteiger partial charge on any atom is -0.488 e. The molecular formula is C21H19BrN2O3S. The Balaban J connectivity index is 1.74. The second-order valence-electron chi connectivity index (χ2n) is 6.15. The van der Waals surface area contributed by atoms with Crippen LogP contribution in [0.3, 0.4) is 0 Å². The molecule has 0 atom stereocenters. The van der Waals surface area contributed by atoms with Crippen molar-refractivity contribution < 1.29 is 14.3 Å². The van der Waals surface area contributed by atoms with Crippen molar-refractivity contribution in [3.8, 4) is 5.75 Å². The third-order valence-corrected chi connectivity index (χ3v) is 5.34. The molecule has 0 aliphatic rings. The minimum absolute atomic E-state index is 0.158. The fourth-order valence-electron chi connectivity index (χ4n) is 2.65. The molecule has 3 rings (SSSR count). The van der Waals surface area contributed by atoms with Gasteiger partial charge in [0.2, 0.25) is 5.91 Å². The molecule has 144 valence electrons. The van der Waals surface area contributed by atoms with E-state index in [0.717, 1.165) is 14.9 Å². The van der Waals surface area contributed by atoms with E-state index in [4.69, 9.17) is 10.5 Å². The van der Waals surface area contributed by atoms with Gasteiger partial charge in [0, 0.05) is 21.5 Å². The standard InChI is InChI=1S/C21H19BrN2O3S/c22-17-8-6-15(7-9-17)12-24(13-20(23)25)21(26)16-3-1-4-18(11-16)27-14-19-5-2-10-28-19/h1-11H,12-14H2,(H2,23,25). The summed E-state index contributed by atoms with van der Waals surface area (Å²) < 4.78 is 6.72. The van der Waals surface area contributed by atoms with Gasteiger partial charge in [0.1, 0.15) is 12.4 Å². The molecular weight excluding hydrogens is 440 g/mol. The lowest BCUT2D eigenvalue weighted by Gasteiger charge is -2.22. The first-order valence-corrected chi connectivity index (χ1v) is 10.3. The van der Waals surface area contributed by atoms with Gasteiger partial charge in [0.05, 0.1) is 6.54 Å². The highest BCUT2D eigenvalue weighted by atomic mass is 79.9. The largest absolute Gasteiger partial charge is 0.488 e. The van der Waals surface area contributed by atoms with Gasteiger partial charge in [0.25, 0.3) is 5.91 Å². The van der Waals surface area contributed by atoms with E-state index >= 15 is 0 Å². The van der Waals surface area contributed by atoms with Crippen LogP contribution in [-0.4, -0.2) is 23.3 Å². The van der Waals surface area contributed by atoms with Crippen LogP contribution in [0.4, 0.5) is 0 Å². The van der Waals surface area contributed by atoms with Gasteiger partial charge in [0.15, 0.2) is 0 Å². The summed E-state index contributed by atoms with van der Waals surface area (Å²) in [6.07, 6.45) is 0. The van der Waals surface area contributed by atoms with Gasteiger partial charge in [-0.15, -0.1) is 11.3 Å². The van der Waals surface area contributed by atoms with E-state index in [2.05, 4.69) is 15.9 Å². The molecule has 0 unspecified atom stereocenters. The van der Waals surface area contributed by atoms with Gasteiger partial charge in [-0.3, -0.25) is 9.59 Å². The van der Waals surface area contributed by atoms with Crippen LogP contribution in [0.1, 0.15) is 20.8 Å². The number of hydrogen-bond acceptors (Lipinski definition) is 4. The lowest BCUT2D eigenvalue weighted by Crippen LogP contribution is -2.38. The summed E-state index contributed by atoms with van der Waals surface area (Å²) in [5.74, 6) is -0.235. The van der Waals surface area contributed by atoms with Crippen molar-refractivity contribution >= 4 is 39.1 Å². The molecule has 0 saturated heterocycles. The molecule has 2 aromatic carbocycles. The number of carbonyl (C=O) groups is 2. The Morgan fingerprint density at radius 1 is 1.07 bits per heavy atom. The number of carbonyl (C=O) groups excluding carboxylic acids is 2. The Labute approximate surface area is 175 Å². The molecule has 0 aliphatic heterocycles. The van der Waals surface area contributed by atoms with Crippen molar-refractivity contribution in [2.45, 2.75) is 13.2 Å². The summed E-state index contributed by atoms with van der Waals surface area (Å²) in [5.41, 5.74) is 6.71. The fourth-order valence-corrected chi connectivity index (χ4v) is 3.53. The summed E-state index contributed by atoms with van der Waals surface area (Å²) in [5, 5.41) is 1.99. The lowest BCUT2D eigenvalue weighted by molar-refractivity contribution is -0.118. The van der Waals surface area contributed by atoms with E-state index in [9.17, 15) is 9.59 Å². The number of primary amides is 1. The van der Waals surface area contributed by atoms with Crippen LogP contribution in [0.25, 0.3) is 0 Å². The smallest absolute Gasteiger partial charge is 0.254 e.